The molecule has 34 heavy (non-hydrogen) atoms. The molecule has 0 saturated carbocycles. The lowest BCUT2D eigenvalue weighted by Crippen LogP contribution is -2.46. The first-order valence-electron chi connectivity index (χ1n) is 11.9. The maximum atomic E-state index is 12.7. The Morgan fingerprint density at radius 1 is 1.00 bits per heavy atom. The van der Waals surface area contributed by atoms with Gasteiger partial charge >= 0.3 is 6.09 Å². The summed E-state index contributed by atoms with van der Waals surface area (Å²) in [6, 6.07) is 6.81. The van der Waals surface area contributed by atoms with Crippen LogP contribution in [0.15, 0.2) is 24.3 Å². The molecule has 2 aliphatic heterocycles. The predicted molar refractivity (Wildman–Crippen MR) is 128 cm³/mol. The van der Waals surface area contributed by atoms with E-state index in [1.165, 1.54) is 9.21 Å². The number of carbonyl (C=O) groups is 3. The highest BCUT2D eigenvalue weighted by atomic mass is 32.2. The van der Waals surface area contributed by atoms with Gasteiger partial charge in [-0.15, -0.1) is 0 Å². The van der Waals surface area contributed by atoms with Crippen LogP contribution in [0, 0.1) is 0 Å². The Labute approximate surface area is 201 Å². The highest BCUT2D eigenvalue weighted by Gasteiger charge is 2.34. The van der Waals surface area contributed by atoms with Crippen LogP contribution >= 0.6 is 0 Å². The molecular formula is C24H35N3O6S. The van der Waals surface area contributed by atoms with E-state index in [4.69, 9.17) is 4.74 Å². The number of amides is 3. The van der Waals surface area contributed by atoms with Crippen LogP contribution in [0.2, 0.25) is 0 Å². The third-order valence-electron chi connectivity index (χ3n) is 5.96. The van der Waals surface area contributed by atoms with Gasteiger partial charge in [0.2, 0.25) is 10.0 Å². The van der Waals surface area contributed by atoms with Gasteiger partial charge in [0.15, 0.2) is 0 Å². The number of ether oxygens (including phenoxy) is 1. The van der Waals surface area contributed by atoms with Crippen LogP contribution < -0.4 is 5.32 Å². The SMILES string of the molecule is CC(C)(C)NC(=O)OC1CCN(S(=O)(=O)CCCCCCN2C(=O)c3ccccc3C2=O)CC1. The number of benzene rings is 1. The van der Waals surface area contributed by atoms with Crippen molar-refractivity contribution in [2.45, 2.75) is 70.9 Å². The number of unbranched alkanes of at least 4 members (excludes halogenated alkanes) is 3. The zero-order chi connectivity index (χ0) is 24.9. The second-order valence-electron chi connectivity index (χ2n) is 9.92. The van der Waals surface area contributed by atoms with Crippen LogP contribution in [0.5, 0.6) is 0 Å². The van der Waals surface area contributed by atoms with Crippen molar-refractivity contribution >= 4 is 27.9 Å². The predicted octanol–water partition coefficient (Wildman–Crippen LogP) is 3.16. The molecule has 0 radical (unpaired) electrons. The number of rotatable bonds is 9. The smallest absolute Gasteiger partial charge is 0.407 e. The molecule has 0 spiro atoms. The van der Waals surface area contributed by atoms with Gasteiger partial charge in [-0.3, -0.25) is 14.5 Å². The average Bonchev–Trinajstić information content (AvgIpc) is 3.00. The molecule has 1 fully saturated rings. The Kier molecular flexibility index (Phi) is 8.35. The number of alkyl carbamates (subject to hydrolysis) is 1. The standard InChI is InChI=1S/C24H35N3O6S/c1-24(2,3)25-23(30)33-18-12-15-26(16-13-18)34(31,32)17-9-5-4-8-14-27-21(28)19-10-6-7-11-20(19)22(27)29/h6-7,10-11,18H,4-5,8-9,12-17H2,1-3H3,(H,25,30). The molecule has 0 aliphatic carbocycles. The number of imide groups is 1. The third-order valence-corrected chi connectivity index (χ3v) is 7.91. The van der Waals surface area contributed by atoms with Crippen molar-refractivity contribution in [1.82, 2.24) is 14.5 Å². The Bertz CT molecular complexity index is 975. The molecule has 3 rings (SSSR count). The molecule has 1 saturated heterocycles. The molecule has 2 heterocycles. The number of nitrogens with zero attached hydrogens (tertiary/aromatic N) is 2. The van der Waals surface area contributed by atoms with Crippen molar-refractivity contribution in [3.63, 3.8) is 0 Å². The average molecular weight is 494 g/mol. The summed E-state index contributed by atoms with van der Waals surface area (Å²) in [5.41, 5.74) is 0.510. The van der Waals surface area contributed by atoms with E-state index in [-0.39, 0.29) is 29.2 Å². The first-order chi connectivity index (χ1) is 16.0. The van der Waals surface area contributed by atoms with Crippen molar-refractivity contribution in [2.24, 2.45) is 0 Å². The molecular weight excluding hydrogens is 458 g/mol. The zero-order valence-corrected chi connectivity index (χ0v) is 21.0. The second kappa shape index (κ2) is 10.9. The maximum absolute atomic E-state index is 12.7. The largest absolute Gasteiger partial charge is 0.446 e. The van der Waals surface area contributed by atoms with Gasteiger partial charge in [-0.2, -0.15) is 0 Å². The Morgan fingerprint density at radius 2 is 1.56 bits per heavy atom. The van der Waals surface area contributed by atoms with E-state index in [2.05, 4.69) is 5.32 Å². The van der Waals surface area contributed by atoms with E-state index in [1.807, 2.05) is 20.8 Å². The topological polar surface area (TPSA) is 113 Å². The third kappa shape index (κ3) is 6.79. The lowest BCUT2D eigenvalue weighted by atomic mass is 10.1. The number of hydrogen-bond acceptors (Lipinski definition) is 6. The molecule has 1 N–H and O–H groups in total. The van der Waals surface area contributed by atoms with E-state index in [0.717, 1.165) is 6.42 Å². The van der Waals surface area contributed by atoms with E-state index in [1.54, 1.807) is 24.3 Å². The van der Waals surface area contributed by atoms with Gasteiger partial charge in [0.1, 0.15) is 6.10 Å². The van der Waals surface area contributed by atoms with Crippen molar-refractivity contribution in [3.05, 3.63) is 35.4 Å². The second-order valence-corrected chi connectivity index (χ2v) is 12.0. The van der Waals surface area contributed by atoms with E-state index >= 15 is 0 Å². The summed E-state index contributed by atoms with van der Waals surface area (Å²) in [6.45, 7) is 6.64. The molecule has 0 atom stereocenters. The summed E-state index contributed by atoms with van der Waals surface area (Å²) in [5, 5.41) is 2.75. The number of hydrogen-bond donors (Lipinski definition) is 1. The molecule has 188 valence electrons. The van der Waals surface area contributed by atoms with E-state index in [0.29, 0.717) is 62.9 Å². The molecule has 1 aromatic carbocycles. The number of sulfonamides is 1. The van der Waals surface area contributed by atoms with E-state index in [9.17, 15) is 22.8 Å². The molecule has 0 bridgehead atoms. The normalized spacial score (nSPS) is 17.7. The fourth-order valence-corrected chi connectivity index (χ4v) is 5.79. The van der Waals surface area contributed by atoms with Crippen molar-refractivity contribution in [3.8, 4) is 0 Å². The van der Waals surface area contributed by atoms with Crippen molar-refractivity contribution < 1.29 is 27.5 Å². The van der Waals surface area contributed by atoms with Crippen molar-refractivity contribution in [2.75, 3.05) is 25.4 Å². The summed E-state index contributed by atoms with van der Waals surface area (Å²) in [6.07, 6.45) is 2.82. The lowest BCUT2D eigenvalue weighted by molar-refractivity contribution is 0.0622. The Morgan fingerprint density at radius 3 is 2.12 bits per heavy atom. The number of nitrogens with one attached hydrogen (secondary N) is 1. The van der Waals surface area contributed by atoms with Gasteiger partial charge in [-0.05, 0) is 58.6 Å². The number of piperidine rings is 1. The molecule has 0 unspecified atom stereocenters. The Hall–Kier alpha value is -2.46. The van der Waals surface area contributed by atoms with Gasteiger partial charge in [-0.1, -0.05) is 25.0 Å². The first kappa shape index (κ1) is 26.2. The van der Waals surface area contributed by atoms with Gasteiger partial charge in [0, 0.05) is 25.2 Å². The number of carbonyl (C=O) groups excluding carboxylic acids is 3. The van der Waals surface area contributed by atoms with Crippen molar-refractivity contribution in [1.29, 1.82) is 0 Å². The lowest BCUT2D eigenvalue weighted by Gasteiger charge is -2.31. The van der Waals surface area contributed by atoms with Crippen LogP contribution in [-0.4, -0.2) is 72.6 Å². The van der Waals surface area contributed by atoms with Gasteiger partial charge in [0.25, 0.3) is 11.8 Å². The zero-order valence-electron chi connectivity index (χ0n) is 20.2. The highest BCUT2D eigenvalue weighted by Crippen LogP contribution is 2.23. The molecule has 3 amide bonds. The monoisotopic (exact) mass is 493 g/mol. The minimum atomic E-state index is -3.36. The van der Waals surface area contributed by atoms with Gasteiger partial charge in [-0.25, -0.2) is 17.5 Å². The fraction of sp³-hybridized carbons (Fsp3) is 0.625. The summed E-state index contributed by atoms with van der Waals surface area (Å²) in [5.74, 6) is -0.450. The van der Waals surface area contributed by atoms with Gasteiger partial charge < -0.3 is 10.1 Å². The first-order valence-corrected chi connectivity index (χ1v) is 13.5. The minimum Gasteiger partial charge on any atom is -0.446 e. The summed E-state index contributed by atoms with van der Waals surface area (Å²) < 4.78 is 32.2. The molecule has 10 heteroatoms. The number of fused-ring (bicyclic) bond motifs is 1. The summed E-state index contributed by atoms with van der Waals surface area (Å²) in [4.78, 5) is 37.9. The summed E-state index contributed by atoms with van der Waals surface area (Å²) >= 11 is 0. The van der Waals surface area contributed by atoms with Gasteiger partial charge in [0.05, 0.1) is 16.9 Å². The molecule has 9 nitrogen and oxygen atoms in total. The highest BCUT2D eigenvalue weighted by molar-refractivity contribution is 7.89. The fourth-order valence-electron chi connectivity index (χ4n) is 4.19. The van der Waals surface area contributed by atoms with Crippen LogP contribution in [0.3, 0.4) is 0 Å². The van der Waals surface area contributed by atoms with E-state index < -0.39 is 16.1 Å². The minimum absolute atomic E-state index is 0.0655. The Balaban J connectivity index is 1.32. The molecule has 1 aromatic rings. The quantitative estimate of drug-likeness (QED) is 0.418. The van der Waals surface area contributed by atoms with Crippen LogP contribution in [0.25, 0.3) is 0 Å². The maximum Gasteiger partial charge on any atom is 0.407 e. The molecule has 0 aromatic heterocycles. The summed E-state index contributed by atoms with van der Waals surface area (Å²) in [7, 11) is -3.36. The van der Waals surface area contributed by atoms with Crippen LogP contribution in [0.1, 0.15) is 80.0 Å². The molecule has 2 aliphatic rings. The van der Waals surface area contributed by atoms with Crippen LogP contribution in [-0.2, 0) is 14.8 Å². The van der Waals surface area contributed by atoms with Crippen LogP contribution in [0.4, 0.5) is 4.79 Å².